The summed E-state index contributed by atoms with van der Waals surface area (Å²) in [5, 5.41) is 32.7. The van der Waals surface area contributed by atoms with Gasteiger partial charge in [-0.1, -0.05) is 0 Å². The van der Waals surface area contributed by atoms with Gasteiger partial charge in [0.2, 0.25) is 0 Å². The number of hydrogen-bond donors (Lipinski definition) is 6. The van der Waals surface area contributed by atoms with Crippen molar-refractivity contribution in [3.63, 3.8) is 0 Å². The Morgan fingerprint density at radius 3 is 2.60 bits per heavy atom. The van der Waals surface area contributed by atoms with Crippen LogP contribution in [-0.2, 0) is 18.8 Å². The molecule has 0 aliphatic carbocycles. The number of nitrogens with one attached hydrogen (secondary N) is 1. The summed E-state index contributed by atoms with van der Waals surface area (Å²) in [6.45, 7) is 3.15. The lowest BCUT2D eigenvalue weighted by atomic mass is 10.1. The van der Waals surface area contributed by atoms with Gasteiger partial charge in [-0.25, -0.2) is 19.7 Å². The van der Waals surface area contributed by atoms with Crippen LogP contribution < -0.4 is 5.32 Å². The lowest BCUT2D eigenvalue weighted by Crippen LogP contribution is -2.36. The van der Waals surface area contributed by atoms with Crippen molar-refractivity contribution < 1.29 is 43.9 Å². The monoisotopic (exact) mass is 447 g/mol. The summed E-state index contributed by atoms with van der Waals surface area (Å²) >= 11 is 0. The van der Waals surface area contributed by atoms with Crippen molar-refractivity contribution in [3.05, 3.63) is 12.7 Å². The van der Waals surface area contributed by atoms with Crippen LogP contribution in [0.15, 0.2) is 12.7 Å². The lowest BCUT2D eigenvalue weighted by molar-refractivity contribution is -0.149. The molecule has 1 aliphatic heterocycles. The summed E-state index contributed by atoms with van der Waals surface area (Å²) in [6.07, 6.45) is -2.77. The first-order valence-corrected chi connectivity index (χ1v) is 10.5. The van der Waals surface area contributed by atoms with Crippen LogP contribution in [0.5, 0.6) is 0 Å². The summed E-state index contributed by atoms with van der Waals surface area (Å²) in [5.74, 6) is -3.82. The molecule has 0 spiro atoms. The molecule has 2 aromatic rings. The van der Waals surface area contributed by atoms with E-state index in [1.165, 1.54) is 17.2 Å². The Hall–Kier alpha value is -2.19. The van der Waals surface area contributed by atoms with Crippen LogP contribution in [0, 0.1) is 0 Å². The third-order valence-corrected chi connectivity index (χ3v) is 5.31. The van der Waals surface area contributed by atoms with Crippen molar-refractivity contribution in [2.24, 2.45) is 0 Å². The van der Waals surface area contributed by atoms with Crippen LogP contribution in [-0.4, -0.2) is 87.4 Å². The molecule has 6 N–H and O–H groups in total. The highest BCUT2D eigenvalue weighted by Crippen LogP contribution is 2.42. The largest absolute Gasteiger partial charge is 0.479 e. The summed E-state index contributed by atoms with van der Waals surface area (Å²) in [7, 11) is -5.10. The average Bonchev–Trinajstić information content (AvgIpc) is 3.17. The number of fused-ring (bicyclic) bond motifs is 1. The number of ether oxygens (including phenoxy) is 2. The number of imidazole rings is 1. The average molecular weight is 447 g/mol. The number of aromatic nitrogens is 4. The fourth-order valence-electron chi connectivity index (χ4n) is 3.01. The fraction of sp³-hybridized carbons (Fsp3) is 0.600. The second-order valence-corrected chi connectivity index (χ2v) is 8.65. The van der Waals surface area contributed by atoms with Crippen LogP contribution in [0.1, 0.15) is 20.1 Å². The maximum absolute atomic E-state index is 11.2. The topological polar surface area (TPSA) is 209 Å². The number of carboxylic acids is 1. The van der Waals surface area contributed by atoms with E-state index in [1.54, 1.807) is 0 Å². The zero-order valence-corrected chi connectivity index (χ0v) is 16.8. The molecule has 0 amide bonds. The van der Waals surface area contributed by atoms with Gasteiger partial charge in [-0.3, -0.25) is 9.13 Å². The molecular formula is C15H22N5O9P. The Morgan fingerprint density at radius 1 is 1.30 bits per heavy atom. The van der Waals surface area contributed by atoms with Crippen molar-refractivity contribution in [3.8, 4) is 0 Å². The number of carbonyl (C=O) groups is 1. The van der Waals surface area contributed by atoms with Gasteiger partial charge in [-0.05, 0) is 13.8 Å². The Labute approximate surface area is 169 Å². The molecular weight excluding hydrogens is 425 g/mol. The highest BCUT2D eigenvalue weighted by Gasteiger charge is 2.46. The first-order chi connectivity index (χ1) is 14.0. The van der Waals surface area contributed by atoms with Crippen molar-refractivity contribution in [2.75, 3.05) is 11.9 Å². The van der Waals surface area contributed by atoms with Crippen LogP contribution in [0.3, 0.4) is 0 Å². The maximum Gasteiger partial charge on any atom is 0.365 e. The number of aliphatic hydroxyl groups is 2. The molecule has 30 heavy (non-hydrogen) atoms. The summed E-state index contributed by atoms with van der Waals surface area (Å²) < 4.78 is 22.9. The van der Waals surface area contributed by atoms with Gasteiger partial charge in [0.05, 0.1) is 12.9 Å². The van der Waals surface area contributed by atoms with Gasteiger partial charge in [0.1, 0.15) is 24.6 Å². The van der Waals surface area contributed by atoms with Crippen molar-refractivity contribution in [1.29, 1.82) is 0 Å². The molecule has 3 rings (SSSR count). The molecule has 2 aromatic heterocycles. The van der Waals surface area contributed by atoms with Crippen LogP contribution in [0.4, 0.5) is 5.82 Å². The fourth-order valence-corrected chi connectivity index (χ4v) is 3.58. The minimum atomic E-state index is -5.10. The minimum absolute atomic E-state index is 0.0705. The van der Waals surface area contributed by atoms with Gasteiger partial charge >= 0.3 is 13.6 Å². The smallest absolute Gasteiger partial charge is 0.365 e. The van der Waals surface area contributed by atoms with Crippen LogP contribution in [0.25, 0.3) is 11.2 Å². The third-order valence-electron chi connectivity index (χ3n) is 4.33. The molecule has 15 heteroatoms. The summed E-state index contributed by atoms with van der Waals surface area (Å²) in [6, 6.07) is 0.0705. The Kier molecular flexibility index (Phi) is 6.38. The van der Waals surface area contributed by atoms with E-state index in [0.717, 1.165) is 0 Å². The highest BCUT2D eigenvalue weighted by molar-refractivity contribution is 7.53. The molecule has 14 nitrogen and oxygen atoms in total. The van der Waals surface area contributed by atoms with E-state index in [2.05, 4.69) is 20.3 Å². The Bertz CT molecular complexity index is 963. The molecule has 1 fully saturated rings. The van der Waals surface area contributed by atoms with E-state index in [1.807, 2.05) is 13.8 Å². The van der Waals surface area contributed by atoms with Gasteiger partial charge < -0.3 is 39.9 Å². The zero-order chi connectivity index (χ0) is 22.2. The predicted octanol–water partition coefficient (Wildman–Crippen LogP) is -1.13. The molecule has 1 saturated heterocycles. The molecule has 1 unspecified atom stereocenters. The number of carboxylic acid groups (broad SMARTS) is 1. The lowest BCUT2D eigenvalue weighted by Gasteiger charge is -2.19. The highest BCUT2D eigenvalue weighted by atomic mass is 31.2. The number of hydrogen-bond acceptors (Lipinski definition) is 10. The van der Waals surface area contributed by atoms with Crippen molar-refractivity contribution in [1.82, 2.24) is 19.5 Å². The Balaban J connectivity index is 1.80. The SMILES string of the molecule is CC(C)Nc1ncnc2c1ncn2[C@@H]1O[C@H](COC(C(=O)O)P(=O)(O)O)[C@H](O)[C@H]1O. The van der Waals surface area contributed by atoms with Crippen molar-refractivity contribution >= 4 is 30.5 Å². The number of nitrogens with zero attached hydrogens (tertiary/aromatic N) is 4. The zero-order valence-electron chi connectivity index (χ0n) is 15.9. The van der Waals surface area contributed by atoms with Crippen LogP contribution in [0.2, 0.25) is 0 Å². The maximum atomic E-state index is 11.2. The van der Waals surface area contributed by atoms with Gasteiger partial charge in [0, 0.05) is 6.04 Å². The summed E-state index contributed by atoms with van der Waals surface area (Å²) in [4.78, 5) is 41.6. The number of aliphatic carboxylic acids is 1. The second-order valence-electron chi connectivity index (χ2n) is 7.00. The molecule has 1 aliphatic rings. The molecule has 0 bridgehead atoms. The molecule has 166 valence electrons. The Morgan fingerprint density at radius 2 is 2.00 bits per heavy atom. The normalized spacial score (nSPS) is 25.7. The number of anilines is 1. The third kappa shape index (κ3) is 4.44. The summed E-state index contributed by atoms with van der Waals surface area (Å²) in [5.41, 5.74) is 0.716. The van der Waals surface area contributed by atoms with Crippen LogP contribution >= 0.6 is 7.60 Å². The van der Waals surface area contributed by atoms with Crippen molar-refractivity contribution in [2.45, 2.75) is 50.3 Å². The second kappa shape index (κ2) is 8.51. The minimum Gasteiger partial charge on any atom is -0.479 e. The van der Waals surface area contributed by atoms with Gasteiger partial charge in [0.15, 0.2) is 23.2 Å². The van der Waals surface area contributed by atoms with E-state index in [4.69, 9.17) is 24.4 Å². The van der Waals surface area contributed by atoms with E-state index in [9.17, 15) is 19.6 Å². The predicted molar refractivity (Wildman–Crippen MR) is 99.4 cm³/mol. The number of aliphatic hydroxyl groups excluding tert-OH is 2. The van der Waals surface area contributed by atoms with Gasteiger partial charge in [-0.15, -0.1) is 0 Å². The van der Waals surface area contributed by atoms with E-state index < -0.39 is 50.6 Å². The quantitative estimate of drug-likeness (QED) is 0.265. The van der Waals surface area contributed by atoms with E-state index in [-0.39, 0.29) is 6.04 Å². The van der Waals surface area contributed by atoms with E-state index >= 15 is 0 Å². The molecule has 3 heterocycles. The molecule has 0 aromatic carbocycles. The number of rotatable bonds is 8. The first kappa shape index (κ1) is 22.5. The van der Waals surface area contributed by atoms with Gasteiger partial charge in [0.25, 0.3) is 5.85 Å². The standard InChI is InChI=1S/C15H22N5O9P/c1-6(2)19-11-8-12(17-4-16-11)20(5-18-8)13-10(22)9(21)7(29-13)3-28-15(14(23)24)30(25,26)27/h4-7,9-10,13,15,21-22H,3H2,1-2H3,(H,23,24)(H,16,17,19)(H2,25,26,27)/t7-,9+,10-,13-,15?/m1/s1. The first-order valence-electron chi connectivity index (χ1n) is 8.86. The molecule has 0 saturated carbocycles. The van der Waals surface area contributed by atoms with E-state index in [0.29, 0.717) is 17.0 Å². The molecule has 0 radical (unpaired) electrons. The molecule has 5 atom stereocenters. The van der Waals surface area contributed by atoms with Gasteiger partial charge in [-0.2, -0.15) is 0 Å².